The summed E-state index contributed by atoms with van der Waals surface area (Å²) in [6.07, 6.45) is 3.33. The molecule has 0 amide bonds. The second-order valence-corrected chi connectivity index (χ2v) is 5.00. The van der Waals surface area contributed by atoms with E-state index in [1.807, 2.05) is 0 Å². The number of nitrogens with zero attached hydrogens (tertiary/aromatic N) is 1. The lowest BCUT2D eigenvalue weighted by atomic mass is 9.95. The quantitative estimate of drug-likeness (QED) is 0.536. The number of hydrogen-bond acceptors (Lipinski definition) is 4. The van der Waals surface area contributed by atoms with Crippen LogP contribution < -0.4 is 5.32 Å². The molecule has 0 aromatic carbocycles. The smallest absolute Gasteiger partial charge is 0.0610 e. The predicted octanol–water partition coefficient (Wildman–Crippen LogP) is 1.10. The highest BCUT2D eigenvalue weighted by Crippen LogP contribution is 2.13. The number of ether oxygens (including phenoxy) is 1. The molecular weight excluding hydrogens is 216 g/mol. The molecule has 104 valence electrons. The van der Waals surface area contributed by atoms with E-state index in [2.05, 4.69) is 31.1 Å². The van der Waals surface area contributed by atoms with Gasteiger partial charge in [0.05, 0.1) is 13.2 Å². The van der Waals surface area contributed by atoms with Gasteiger partial charge in [0, 0.05) is 19.2 Å². The van der Waals surface area contributed by atoms with Crippen LogP contribution in [-0.2, 0) is 4.74 Å². The largest absolute Gasteiger partial charge is 0.394 e. The van der Waals surface area contributed by atoms with E-state index < -0.39 is 0 Å². The SMILES string of the molecule is CCNC(C)(CO)CCCCN(C)CCOC. The Hall–Kier alpha value is -0.160. The van der Waals surface area contributed by atoms with Crippen LogP contribution in [0.5, 0.6) is 0 Å². The van der Waals surface area contributed by atoms with Crippen molar-refractivity contribution in [3.63, 3.8) is 0 Å². The van der Waals surface area contributed by atoms with Crippen LogP contribution in [0.2, 0.25) is 0 Å². The number of rotatable bonds is 11. The molecule has 0 radical (unpaired) electrons. The first-order valence-electron chi connectivity index (χ1n) is 6.61. The highest BCUT2D eigenvalue weighted by molar-refractivity contribution is 4.81. The van der Waals surface area contributed by atoms with E-state index in [0.29, 0.717) is 0 Å². The minimum absolute atomic E-state index is 0.111. The molecule has 2 N–H and O–H groups in total. The van der Waals surface area contributed by atoms with E-state index in [1.165, 1.54) is 6.42 Å². The van der Waals surface area contributed by atoms with Crippen molar-refractivity contribution in [3.8, 4) is 0 Å². The lowest BCUT2D eigenvalue weighted by Gasteiger charge is -2.28. The Morgan fingerprint density at radius 1 is 1.29 bits per heavy atom. The van der Waals surface area contributed by atoms with E-state index in [-0.39, 0.29) is 12.1 Å². The second-order valence-electron chi connectivity index (χ2n) is 5.00. The van der Waals surface area contributed by atoms with Gasteiger partial charge in [-0.3, -0.25) is 0 Å². The van der Waals surface area contributed by atoms with Crippen molar-refractivity contribution in [1.82, 2.24) is 10.2 Å². The molecule has 1 atom stereocenters. The summed E-state index contributed by atoms with van der Waals surface area (Å²) in [5.41, 5.74) is -0.111. The minimum Gasteiger partial charge on any atom is -0.394 e. The average molecular weight is 246 g/mol. The van der Waals surface area contributed by atoms with Crippen LogP contribution in [0.4, 0.5) is 0 Å². The fourth-order valence-electron chi connectivity index (χ4n) is 1.91. The zero-order valence-electron chi connectivity index (χ0n) is 12.0. The van der Waals surface area contributed by atoms with Crippen molar-refractivity contribution in [1.29, 1.82) is 0 Å². The fourth-order valence-corrected chi connectivity index (χ4v) is 1.91. The first-order chi connectivity index (χ1) is 8.08. The normalized spacial score (nSPS) is 15.2. The third-order valence-electron chi connectivity index (χ3n) is 3.15. The number of unbranched alkanes of at least 4 members (excludes halogenated alkanes) is 1. The van der Waals surface area contributed by atoms with Crippen LogP contribution in [0.1, 0.15) is 33.1 Å². The van der Waals surface area contributed by atoms with Crippen LogP contribution in [-0.4, -0.2) is 62.6 Å². The summed E-state index contributed by atoms with van der Waals surface area (Å²) in [4.78, 5) is 2.28. The minimum atomic E-state index is -0.111. The standard InChI is InChI=1S/C13H30N2O2/c1-5-14-13(2,12-16)8-6-7-9-15(3)10-11-17-4/h14,16H,5-12H2,1-4H3. The van der Waals surface area contributed by atoms with Gasteiger partial charge in [-0.1, -0.05) is 13.3 Å². The van der Waals surface area contributed by atoms with E-state index in [1.54, 1.807) is 7.11 Å². The Morgan fingerprint density at radius 2 is 2.00 bits per heavy atom. The fraction of sp³-hybridized carbons (Fsp3) is 1.00. The molecule has 0 heterocycles. The van der Waals surface area contributed by atoms with Crippen molar-refractivity contribution in [3.05, 3.63) is 0 Å². The summed E-state index contributed by atoms with van der Waals surface area (Å²) >= 11 is 0. The van der Waals surface area contributed by atoms with Crippen molar-refractivity contribution in [2.75, 3.05) is 47.0 Å². The summed E-state index contributed by atoms with van der Waals surface area (Å²) < 4.78 is 5.04. The van der Waals surface area contributed by atoms with Gasteiger partial charge in [-0.05, 0) is 39.9 Å². The van der Waals surface area contributed by atoms with Gasteiger partial charge in [0.1, 0.15) is 0 Å². The third kappa shape index (κ3) is 8.55. The van der Waals surface area contributed by atoms with Gasteiger partial charge in [-0.25, -0.2) is 0 Å². The van der Waals surface area contributed by atoms with E-state index in [9.17, 15) is 5.11 Å². The number of methoxy groups -OCH3 is 1. The maximum absolute atomic E-state index is 9.35. The summed E-state index contributed by atoms with van der Waals surface area (Å²) in [6.45, 7) is 8.16. The Bertz CT molecular complexity index is 179. The molecule has 4 heteroatoms. The molecule has 0 spiro atoms. The van der Waals surface area contributed by atoms with Gasteiger partial charge in [0.15, 0.2) is 0 Å². The molecule has 0 saturated heterocycles. The predicted molar refractivity (Wildman–Crippen MR) is 72.4 cm³/mol. The highest BCUT2D eigenvalue weighted by Gasteiger charge is 2.20. The molecule has 0 fully saturated rings. The number of aliphatic hydroxyl groups excluding tert-OH is 1. The van der Waals surface area contributed by atoms with Gasteiger partial charge in [0.25, 0.3) is 0 Å². The highest BCUT2D eigenvalue weighted by atomic mass is 16.5. The molecular formula is C13H30N2O2. The maximum atomic E-state index is 9.35. The Kier molecular flexibility index (Phi) is 9.74. The van der Waals surface area contributed by atoms with Crippen LogP contribution in [0.25, 0.3) is 0 Å². The molecule has 4 nitrogen and oxygen atoms in total. The zero-order chi connectivity index (χ0) is 13.1. The van der Waals surface area contributed by atoms with Gasteiger partial charge in [0.2, 0.25) is 0 Å². The molecule has 0 aliphatic heterocycles. The molecule has 0 aliphatic rings. The van der Waals surface area contributed by atoms with Gasteiger partial charge >= 0.3 is 0 Å². The zero-order valence-corrected chi connectivity index (χ0v) is 12.0. The number of nitrogens with one attached hydrogen (secondary N) is 1. The topological polar surface area (TPSA) is 44.7 Å². The van der Waals surface area contributed by atoms with Crippen LogP contribution >= 0.6 is 0 Å². The summed E-state index contributed by atoms with van der Waals surface area (Å²) in [7, 11) is 3.85. The first-order valence-corrected chi connectivity index (χ1v) is 6.61. The summed E-state index contributed by atoms with van der Waals surface area (Å²) in [5, 5.41) is 12.7. The molecule has 0 aromatic rings. The van der Waals surface area contributed by atoms with E-state index in [0.717, 1.165) is 39.1 Å². The molecule has 0 saturated carbocycles. The van der Waals surface area contributed by atoms with Crippen molar-refractivity contribution in [2.24, 2.45) is 0 Å². The van der Waals surface area contributed by atoms with Gasteiger partial charge in [-0.15, -0.1) is 0 Å². The Balaban J connectivity index is 3.61. The first kappa shape index (κ1) is 16.8. The van der Waals surface area contributed by atoms with Gasteiger partial charge in [-0.2, -0.15) is 0 Å². The maximum Gasteiger partial charge on any atom is 0.0610 e. The van der Waals surface area contributed by atoms with Crippen LogP contribution in [0.15, 0.2) is 0 Å². The van der Waals surface area contributed by atoms with Crippen molar-refractivity contribution < 1.29 is 9.84 Å². The molecule has 0 rings (SSSR count). The average Bonchev–Trinajstić information content (AvgIpc) is 2.32. The number of likely N-dealkylation sites (N-methyl/N-ethyl adjacent to an activating group) is 2. The number of aliphatic hydroxyl groups is 1. The monoisotopic (exact) mass is 246 g/mol. The molecule has 0 bridgehead atoms. The molecule has 1 unspecified atom stereocenters. The summed E-state index contributed by atoms with van der Waals surface area (Å²) in [6, 6.07) is 0. The Labute approximate surface area is 106 Å². The number of hydrogen-bond donors (Lipinski definition) is 2. The van der Waals surface area contributed by atoms with Crippen LogP contribution in [0.3, 0.4) is 0 Å². The third-order valence-corrected chi connectivity index (χ3v) is 3.15. The van der Waals surface area contributed by atoms with Gasteiger partial charge < -0.3 is 20.1 Å². The second kappa shape index (κ2) is 9.83. The Morgan fingerprint density at radius 3 is 2.53 bits per heavy atom. The molecule has 0 aliphatic carbocycles. The lowest BCUT2D eigenvalue weighted by molar-refractivity contribution is 0.153. The van der Waals surface area contributed by atoms with E-state index in [4.69, 9.17) is 4.74 Å². The van der Waals surface area contributed by atoms with Crippen LogP contribution in [0, 0.1) is 0 Å². The molecule has 17 heavy (non-hydrogen) atoms. The molecule has 0 aromatic heterocycles. The lowest BCUT2D eigenvalue weighted by Crippen LogP contribution is -2.45. The van der Waals surface area contributed by atoms with E-state index >= 15 is 0 Å². The summed E-state index contributed by atoms with van der Waals surface area (Å²) in [5.74, 6) is 0. The van der Waals surface area contributed by atoms with Crippen molar-refractivity contribution in [2.45, 2.75) is 38.6 Å². The van der Waals surface area contributed by atoms with Crippen molar-refractivity contribution >= 4 is 0 Å².